The van der Waals surface area contributed by atoms with Crippen molar-refractivity contribution in [2.45, 2.75) is 76.1 Å². The van der Waals surface area contributed by atoms with Crippen molar-refractivity contribution in [3.63, 3.8) is 0 Å². The second-order valence-corrected chi connectivity index (χ2v) is 13.1. The summed E-state index contributed by atoms with van der Waals surface area (Å²) >= 11 is 0. The number of pyridine rings is 1. The smallest absolute Gasteiger partial charge is 0.407 e. The monoisotopic (exact) mass is 504 g/mol. The molecule has 196 valence electrons. The molecule has 4 heterocycles. The van der Waals surface area contributed by atoms with E-state index in [9.17, 15) is 10.2 Å². The first-order valence-electron chi connectivity index (χ1n) is 13.6. The molecule has 37 heavy (non-hydrogen) atoms. The van der Waals surface area contributed by atoms with Crippen molar-refractivity contribution in [3.05, 3.63) is 59.5 Å². The minimum atomic E-state index is -1.12. The van der Waals surface area contributed by atoms with Crippen LogP contribution in [-0.2, 0) is 19.6 Å². The zero-order valence-electron chi connectivity index (χ0n) is 22.3. The van der Waals surface area contributed by atoms with Gasteiger partial charge in [-0.05, 0) is 57.5 Å². The zero-order chi connectivity index (χ0) is 26.0. The molecule has 3 aliphatic heterocycles. The van der Waals surface area contributed by atoms with Crippen molar-refractivity contribution in [2.24, 2.45) is 16.7 Å². The molecule has 8 heteroatoms. The molecule has 1 aromatic heterocycles. The Morgan fingerprint density at radius 3 is 2.65 bits per heavy atom. The lowest BCUT2D eigenvalue weighted by Crippen LogP contribution is -2.62. The Morgan fingerprint density at radius 2 is 1.92 bits per heavy atom. The van der Waals surface area contributed by atoms with Gasteiger partial charge < -0.3 is 29.2 Å². The Morgan fingerprint density at radius 1 is 1.11 bits per heavy atom. The number of allylic oxidation sites excluding steroid dienone is 1. The second kappa shape index (κ2) is 7.65. The molecular formula is C29H37BN2O5. The van der Waals surface area contributed by atoms with Crippen LogP contribution in [0.15, 0.2) is 53.8 Å². The first kappa shape index (κ1) is 24.3. The maximum atomic E-state index is 11.6. The van der Waals surface area contributed by atoms with Gasteiger partial charge in [0.25, 0.3) is 0 Å². The molecule has 6 aliphatic rings. The number of rotatable bonds is 2. The summed E-state index contributed by atoms with van der Waals surface area (Å²) in [6, 6.07) is 4.28. The quantitative estimate of drug-likeness (QED) is 0.472. The van der Waals surface area contributed by atoms with Crippen molar-refractivity contribution < 1.29 is 24.3 Å². The van der Waals surface area contributed by atoms with Gasteiger partial charge in [0, 0.05) is 41.1 Å². The number of aliphatic hydroxyl groups excluding tert-OH is 2. The molecule has 2 N–H and O–H groups in total. The highest BCUT2D eigenvalue weighted by atomic mass is 16.6. The molecular weight excluding hydrogens is 467 g/mol. The van der Waals surface area contributed by atoms with E-state index in [2.05, 4.69) is 51.8 Å². The van der Waals surface area contributed by atoms with Gasteiger partial charge >= 0.3 is 7.12 Å². The number of aromatic nitrogens is 1. The highest BCUT2D eigenvalue weighted by Crippen LogP contribution is 2.69. The lowest BCUT2D eigenvalue weighted by atomic mass is 9.50. The molecule has 2 unspecified atom stereocenters. The topological polar surface area (TPSA) is 84.3 Å². The molecule has 0 amide bonds. The van der Waals surface area contributed by atoms with E-state index in [1.165, 1.54) is 5.57 Å². The molecule has 1 aromatic rings. The maximum Gasteiger partial charge on any atom is 0.495 e. The van der Waals surface area contributed by atoms with Gasteiger partial charge in [0.05, 0.1) is 23.5 Å². The minimum Gasteiger partial charge on any atom is -0.407 e. The third-order valence-corrected chi connectivity index (χ3v) is 10.6. The summed E-state index contributed by atoms with van der Waals surface area (Å²) in [4.78, 5) is 7.35. The molecule has 0 aromatic carbocycles. The van der Waals surface area contributed by atoms with Gasteiger partial charge in [0.1, 0.15) is 6.10 Å². The van der Waals surface area contributed by atoms with Crippen LogP contribution >= 0.6 is 0 Å². The van der Waals surface area contributed by atoms with E-state index in [4.69, 9.17) is 19.0 Å². The average molecular weight is 504 g/mol. The Balaban J connectivity index is 1.32. The predicted molar refractivity (Wildman–Crippen MR) is 140 cm³/mol. The molecule has 3 saturated heterocycles. The Kier molecular flexibility index (Phi) is 5.01. The van der Waals surface area contributed by atoms with Crippen molar-refractivity contribution in [3.8, 4) is 0 Å². The van der Waals surface area contributed by atoms with Gasteiger partial charge in [0.15, 0.2) is 5.60 Å². The molecule has 0 saturated carbocycles. The maximum absolute atomic E-state index is 11.6. The van der Waals surface area contributed by atoms with E-state index in [1.54, 1.807) is 6.20 Å². The molecule has 0 radical (unpaired) electrons. The summed E-state index contributed by atoms with van der Waals surface area (Å²) < 4.78 is 19.3. The first-order chi connectivity index (χ1) is 17.5. The van der Waals surface area contributed by atoms with E-state index in [0.29, 0.717) is 18.3 Å². The van der Waals surface area contributed by atoms with E-state index in [1.807, 2.05) is 24.3 Å². The Labute approximate surface area is 219 Å². The van der Waals surface area contributed by atoms with Gasteiger partial charge in [-0.1, -0.05) is 44.2 Å². The summed E-state index contributed by atoms with van der Waals surface area (Å²) in [7, 11) is 1.69. The van der Waals surface area contributed by atoms with Crippen molar-refractivity contribution in [1.82, 2.24) is 9.88 Å². The summed E-state index contributed by atoms with van der Waals surface area (Å²) in [5.74, 6) is 0.230. The number of hydrogen-bond donors (Lipinski definition) is 2. The summed E-state index contributed by atoms with van der Waals surface area (Å²) in [6.07, 6.45) is 9.55. The van der Waals surface area contributed by atoms with E-state index >= 15 is 0 Å². The fourth-order valence-corrected chi connectivity index (χ4v) is 7.84. The number of nitrogens with zero attached hydrogens (tertiary/aromatic N) is 2. The lowest BCUT2D eigenvalue weighted by molar-refractivity contribution is -0.146. The fraction of sp³-hybridized carbons (Fsp3) is 0.621. The zero-order valence-corrected chi connectivity index (χ0v) is 22.3. The van der Waals surface area contributed by atoms with E-state index < -0.39 is 31.0 Å². The van der Waals surface area contributed by atoms with Gasteiger partial charge in [-0.2, -0.15) is 0 Å². The largest absolute Gasteiger partial charge is 0.495 e. The molecule has 1 spiro atoms. The number of hydrogen-bond acceptors (Lipinski definition) is 7. The molecule has 3 fully saturated rings. The second-order valence-electron chi connectivity index (χ2n) is 13.1. The average Bonchev–Trinajstić information content (AvgIpc) is 3.19. The fourth-order valence-electron chi connectivity index (χ4n) is 7.84. The van der Waals surface area contributed by atoms with Crippen LogP contribution < -0.4 is 5.46 Å². The van der Waals surface area contributed by atoms with Crippen LogP contribution in [0.3, 0.4) is 0 Å². The molecule has 3 aliphatic carbocycles. The van der Waals surface area contributed by atoms with Crippen LogP contribution in [0.1, 0.15) is 46.2 Å². The number of aliphatic hydroxyl groups is 2. The Bertz CT molecular complexity index is 1230. The Hall–Kier alpha value is -1.81. The van der Waals surface area contributed by atoms with Crippen LogP contribution in [0.25, 0.3) is 0 Å². The molecule has 2 bridgehead atoms. The van der Waals surface area contributed by atoms with Gasteiger partial charge in [-0.3, -0.25) is 4.98 Å². The van der Waals surface area contributed by atoms with Gasteiger partial charge in [-0.15, -0.1) is 0 Å². The van der Waals surface area contributed by atoms with Gasteiger partial charge in [0.2, 0.25) is 0 Å². The minimum absolute atomic E-state index is 0.108. The van der Waals surface area contributed by atoms with Crippen LogP contribution in [-0.4, -0.2) is 77.4 Å². The van der Waals surface area contributed by atoms with E-state index in [0.717, 1.165) is 30.4 Å². The summed E-state index contributed by atoms with van der Waals surface area (Å²) in [6.45, 7) is 10.0. The number of piperidine rings is 1. The number of likely N-dealkylation sites (tertiary alicyclic amines) is 1. The van der Waals surface area contributed by atoms with Gasteiger partial charge in [-0.25, -0.2) is 0 Å². The lowest BCUT2D eigenvalue weighted by Gasteiger charge is -2.58. The van der Waals surface area contributed by atoms with Crippen molar-refractivity contribution in [2.75, 3.05) is 20.2 Å². The van der Waals surface area contributed by atoms with Crippen LogP contribution in [0, 0.1) is 16.7 Å². The van der Waals surface area contributed by atoms with E-state index in [-0.39, 0.29) is 22.3 Å². The third kappa shape index (κ3) is 2.97. The van der Waals surface area contributed by atoms with Crippen LogP contribution in [0.5, 0.6) is 0 Å². The third-order valence-electron chi connectivity index (χ3n) is 10.6. The van der Waals surface area contributed by atoms with Crippen LogP contribution in [0.2, 0.25) is 0 Å². The van der Waals surface area contributed by atoms with Crippen LogP contribution in [0.4, 0.5) is 0 Å². The summed E-state index contributed by atoms with van der Waals surface area (Å²) in [5.41, 5.74) is 1.93. The van der Waals surface area contributed by atoms with Crippen molar-refractivity contribution in [1.29, 1.82) is 0 Å². The first-order valence-corrected chi connectivity index (χ1v) is 13.6. The highest BCUT2D eigenvalue weighted by Gasteiger charge is 2.72. The highest BCUT2D eigenvalue weighted by molar-refractivity contribution is 6.61. The normalized spacial score (nSPS) is 43.2. The molecule has 7 atom stereocenters. The molecule has 7 nitrogen and oxygen atoms in total. The number of ether oxygens (including phenoxy) is 1. The van der Waals surface area contributed by atoms with Crippen molar-refractivity contribution >= 4 is 12.6 Å². The predicted octanol–water partition coefficient (Wildman–Crippen LogP) is 2.09. The summed E-state index contributed by atoms with van der Waals surface area (Å²) in [5, 5.41) is 22.8. The molecule has 7 rings (SSSR count). The SMILES string of the molecule is CN1CC[C@]23C4=C5C=CC(O)C4(c4ccc(B6OCC(C)(C)C(C)(C)O6)cn4)O[C@H]2[C@@H](O)C=C[C@H]3[C@H]1C5. The standard InChI is InChI=1S/C29H37BN2O5/c1-26(2)16-35-30(37-27(26,3)4)18-7-10-22(31-15-18)29-23(34)11-6-17-14-20-19-8-9-21(33)25(36-29)28(19,24(17)29)12-13-32(20)5/h6-11,15,19-21,23,25,33-34H,12-14,16H2,1-5H3/t19-,20+,21-,23?,25-,28-,29?/m0/s1.